The third kappa shape index (κ3) is 6.78. The van der Waals surface area contributed by atoms with E-state index in [1.165, 1.54) is 0 Å². The van der Waals surface area contributed by atoms with Crippen molar-refractivity contribution in [1.29, 1.82) is 0 Å². The van der Waals surface area contributed by atoms with E-state index in [4.69, 9.17) is 4.43 Å². The first-order valence-electron chi connectivity index (χ1n) is 4.76. The van der Waals surface area contributed by atoms with E-state index in [0.717, 1.165) is 13.1 Å². The van der Waals surface area contributed by atoms with Crippen molar-refractivity contribution < 1.29 is 9.22 Å². The highest BCUT2D eigenvalue weighted by Crippen LogP contribution is 2.02. The lowest BCUT2D eigenvalue weighted by Crippen LogP contribution is -2.35. The normalized spacial score (nSPS) is 11.5. The number of carbonyl (C=O) groups excluding carboxylic acids is 1. The molecule has 0 aromatic carbocycles. The summed E-state index contributed by atoms with van der Waals surface area (Å²) in [5.41, 5.74) is 0. The van der Waals surface area contributed by atoms with Crippen LogP contribution in [0.3, 0.4) is 0 Å². The summed E-state index contributed by atoms with van der Waals surface area (Å²) in [5, 5.41) is 0. The molecule has 0 bridgehead atoms. The predicted octanol–water partition coefficient (Wildman–Crippen LogP) is 1.71. The smallest absolute Gasteiger partial charge is 0.219 e. The van der Waals surface area contributed by atoms with E-state index in [1.54, 1.807) is 11.8 Å². The van der Waals surface area contributed by atoms with Gasteiger partial charge in [0, 0.05) is 20.0 Å². The molecule has 0 saturated carbocycles. The van der Waals surface area contributed by atoms with E-state index < -0.39 is 8.32 Å². The monoisotopic (exact) mass is 203 g/mol. The van der Waals surface area contributed by atoms with Crippen LogP contribution in [-0.4, -0.2) is 38.8 Å². The molecule has 0 aliphatic heterocycles. The van der Waals surface area contributed by atoms with Gasteiger partial charge in [-0.25, -0.2) is 0 Å². The molecular weight excluding hydrogens is 182 g/mol. The quantitative estimate of drug-likeness (QED) is 0.637. The first-order chi connectivity index (χ1) is 5.87. The Morgan fingerprint density at radius 1 is 1.38 bits per heavy atom. The average molecular weight is 203 g/mol. The molecule has 78 valence electrons. The van der Waals surface area contributed by atoms with Crippen LogP contribution in [0.4, 0.5) is 0 Å². The summed E-state index contributed by atoms with van der Waals surface area (Å²) in [6.45, 7) is 12.2. The van der Waals surface area contributed by atoms with Gasteiger partial charge < -0.3 is 9.33 Å². The standard InChI is InChI=1S/C9H21NO2Si/c1-6-10(9(2)11)7-8-12-13(3,4)5/h6-8H2,1-5H3. The minimum absolute atomic E-state index is 0.127. The van der Waals surface area contributed by atoms with Crippen LogP contribution in [0, 0.1) is 0 Å². The zero-order valence-electron chi connectivity index (χ0n) is 9.39. The van der Waals surface area contributed by atoms with Gasteiger partial charge in [0.25, 0.3) is 0 Å². The van der Waals surface area contributed by atoms with Crippen molar-refractivity contribution in [1.82, 2.24) is 4.90 Å². The van der Waals surface area contributed by atoms with Crippen LogP contribution in [0.5, 0.6) is 0 Å². The minimum atomic E-state index is -1.41. The van der Waals surface area contributed by atoms with E-state index in [1.807, 2.05) is 6.92 Å². The Labute approximate surface area is 82.2 Å². The van der Waals surface area contributed by atoms with Crippen molar-refractivity contribution in [2.45, 2.75) is 33.5 Å². The van der Waals surface area contributed by atoms with Gasteiger partial charge in [-0.1, -0.05) is 0 Å². The molecule has 0 fully saturated rings. The van der Waals surface area contributed by atoms with Gasteiger partial charge in [0.2, 0.25) is 5.91 Å². The molecule has 0 heterocycles. The second-order valence-corrected chi connectivity index (χ2v) is 8.57. The van der Waals surface area contributed by atoms with Crippen molar-refractivity contribution in [3.8, 4) is 0 Å². The van der Waals surface area contributed by atoms with Crippen LogP contribution in [-0.2, 0) is 9.22 Å². The molecule has 0 saturated heterocycles. The molecule has 0 spiro atoms. The summed E-state index contributed by atoms with van der Waals surface area (Å²) in [5.74, 6) is 0.127. The maximum absolute atomic E-state index is 11.0. The fourth-order valence-electron chi connectivity index (χ4n) is 1.00. The molecule has 1 amide bonds. The van der Waals surface area contributed by atoms with Crippen LogP contribution in [0.1, 0.15) is 13.8 Å². The maximum Gasteiger partial charge on any atom is 0.219 e. The summed E-state index contributed by atoms with van der Waals surface area (Å²) >= 11 is 0. The number of carbonyl (C=O) groups is 1. The largest absolute Gasteiger partial charge is 0.416 e. The third-order valence-corrected chi connectivity index (χ3v) is 2.79. The van der Waals surface area contributed by atoms with Crippen molar-refractivity contribution in [2.24, 2.45) is 0 Å². The fraction of sp³-hybridized carbons (Fsp3) is 0.889. The molecule has 0 radical (unpaired) electrons. The van der Waals surface area contributed by atoms with Crippen LogP contribution in [0.2, 0.25) is 19.6 Å². The molecule has 0 unspecified atom stereocenters. The molecule has 13 heavy (non-hydrogen) atoms. The molecular formula is C9H21NO2Si. The van der Waals surface area contributed by atoms with Gasteiger partial charge in [0.15, 0.2) is 8.32 Å². The van der Waals surface area contributed by atoms with Gasteiger partial charge in [-0.2, -0.15) is 0 Å². The van der Waals surface area contributed by atoms with Gasteiger partial charge in [0.1, 0.15) is 0 Å². The Morgan fingerprint density at radius 2 is 1.92 bits per heavy atom. The molecule has 0 aromatic rings. The average Bonchev–Trinajstić information content (AvgIpc) is 1.95. The molecule has 0 rings (SSSR count). The zero-order valence-corrected chi connectivity index (χ0v) is 10.4. The predicted molar refractivity (Wildman–Crippen MR) is 57.2 cm³/mol. The van der Waals surface area contributed by atoms with Crippen LogP contribution < -0.4 is 0 Å². The van der Waals surface area contributed by atoms with Crippen molar-refractivity contribution in [2.75, 3.05) is 19.7 Å². The van der Waals surface area contributed by atoms with Crippen molar-refractivity contribution in [3.63, 3.8) is 0 Å². The third-order valence-electron chi connectivity index (χ3n) is 1.72. The number of likely N-dealkylation sites (N-methyl/N-ethyl adjacent to an activating group) is 1. The van der Waals surface area contributed by atoms with Crippen LogP contribution in [0.25, 0.3) is 0 Å². The minimum Gasteiger partial charge on any atom is -0.416 e. The number of hydrogen-bond donors (Lipinski definition) is 0. The second-order valence-electron chi connectivity index (χ2n) is 4.06. The van der Waals surface area contributed by atoms with Gasteiger partial charge in [-0.15, -0.1) is 0 Å². The lowest BCUT2D eigenvalue weighted by Gasteiger charge is -2.22. The van der Waals surface area contributed by atoms with Crippen molar-refractivity contribution >= 4 is 14.2 Å². The summed E-state index contributed by atoms with van der Waals surface area (Å²) in [6, 6.07) is 0. The van der Waals surface area contributed by atoms with Gasteiger partial charge in [-0.05, 0) is 26.6 Å². The van der Waals surface area contributed by atoms with E-state index >= 15 is 0 Å². The molecule has 3 nitrogen and oxygen atoms in total. The van der Waals surface area contributed by atoms with Gasteiger partial charge in [-0.3, -0.25) is 4.79 Å². The van der Waals surface area contributed by atoms with Gasteiger partial charge >= 0.3 is 0 Å². The first-order valence-corrected chi connectivity index (χ1v) is 8.17. The van der Waals surface area contributed by atoms with Gasteiger partial charge in [0.05, 0.1) is 6.61 Å². The first kappa shape index (κ1) is 12.6. The highest BCUT2D eigenvalue weighted by molar-refractivity contribution is 6.69. The Bertz CT molecular complexity index is 165. The molecule has 0 aliphatic carbocycles. The summed E-state index contributed by atoms with van der Waals surface area (Å²) in [4.78, 5) is 12.8. The molecule has 0 aliphatic rings. The topological polar surface area (TPSA) is 29.5 Å². The Balaban J connectivity index is 3.68. The summed E-state index contributed by atoms with van der Waals surface area (Å²) in [7, 11) is -1.41. The van der Waals surface area contributed by atoms with E-state index in [2.05, 4.69) is 19.6 Å². The fourth-order valence-corrected chi connectivity index (χ4v) is 1.70. The van der Waals surface area contributed by atoms with Crippen LogP contribution in [0.15, 0.2) is 0 Å². The highest BCUT2D eigenvalue weighted by atomic mass is 28.4. The molecule has 0 atom stereocenters. The number of nitrogens with zero attached hydrogens (tertiary/aromatic N) is 1. The Hall–Kier alpha value is -0.353. The number of amides is 1. The second kappa shape index (κ2) is 5.39. The lowest BCUT2D eigenvalue weighted by molar-refractivity contribution is -0.129. The maximum atomic E-state index is 11.0. The van der Waals surface area contributed by atoms with E-state index in [-0.39, 0.29) is 5.91 Å². The summed E-state index contributed by atoms with van der Waals surface area (Å²) < 4.78 is 5.66. The SMILES string of the molecule is CCN(CCO[Si](C)(C)C)C(C)=O. The number of rotatable bonds is 5. The van der Waals surface area contributed by atoms with E-state index in [0.29, 0.717) is 6.61 Å². The number of hydrogen-bond acceptors (Lipinski definition) is 2. The lowest BCUT2D eigenvalue weighted by atomic mass is 10.5. The highest BCUT2D eigenvalue weighted by Gasteiger charge is 2.14. The zero-order chi connectivity index (χ0) is 10.5. The van der Waals surface area contributed by atoms with Crippen molar-refractivity contribution in [3.05, 3.63) is 0 Å². The van der Waals surface area contributed by atoms with E-state index in [9.17, 15) is 4.79 Å². The van der Waals surface area contributed by atoms with Crippen LogP contribution >= 0.6 is 0 Å². The Kier molecular flexibility index (Phi) is 5.25. The molecule has 0 aromatic heterocycles. The molecule has 0 N–H and O–H groups in total. The Morgan fingerprint density at radius 3 is 2.23 bits per heavy atom. The summed E-state index contributed by atoms with van der Waals surface area (Å²) in [6.07, 6.45) is 0. The molecule has 4 heteroatoms.